The van der Waals surface area contributed by atoms with Crippen LogP contribution in [-0.4, -0.2) is 20.9 Å². The number of fused-ring (bicyclic) bond motifs is 1. The molecule has 0 atom stereocenters. The second-order valence-corrected chi connectivity index (χ2v) is 4.31. The van der Waals surface area contributed by atoms with Gasteiger partial charge < -0.3 is 10.1 Å². The van der Waals surface area contributed by atoms with E-state index in [1.807, 2.05) is 0 Å². The molecule has 0 saturated carbocycles. The van der Waals surface area contributed by atoms with Crippen molar-refractivity contribution in [3.05, 3.63) is 59.2 Å². The van der Waals surface area contributed by atoms with Gasteiger partial charge in [0.25, 0.3) is 0 Å². The maximum Gasteiger partial charge on any atom is 0.232 e. The summed E-state index contributed by atoms with van der Waals surface area (Å²) < 4.78 is 39.4. The minimum atomic E-state index is -1.84. The van der Waals surface area contributed by atoms with Gasteiger partial charge in [-0.25, -0.2) is 13.8 Å². The maximum absolute atomic E-state index is 13.3. The highest BCUT2D eigenvalue weighted by atomic mass is 19.2. The van der Waals surface area contributed by atoms with Crippen molar-refractivity contribution in [2.45, 2.75) is 0 Å². The predicted molar refractivity (Wildman–Crippen MR) is 67.5 cm³/mol. The van der Waals surface area contributed by atoms with Crippen LogP contribution < -0.4 is 0 Å². The topological polar surface area (TPSA) is 66.0 Å². The number of carbonyl (C=O) groups excluding carboxylic acids is 1. The van der Waals surface area contributed by atoms with Gasteiger partial charge in [-0.1, -0.05) is 12.1 Å². The maximum atomic E-state index is 13.3. The van der Waals surface area contributed by atoms with E-state index in [0.29, 0.717) is 17.1 Å². The fourth-order valence-electron chi connectivity index (χ4n) is 1.95. The van der Waals surface area contributed by atoms with Crippen LogP contribution in [0.15, 0.2) is 30.3 Å². The summed E-state index contributed by atoms with van der Waals surface area (Å²) in [5.41, 5.74) is 0.317. The standard InChI is InChI=1S/C14H7F3N2O2/c15-7-5-6(12(20)11(17)10(7)16)13(21)14-18-8-3-1-2-4-9(8)19-14/h1-5,20H,(H,18,19). The summed E-state index contributed by atoms with van der Waals surface area (Å²) in [6.45, 7) is 0. The number of phenols is 1. The Morgan fingerprint density at radius 3 is 2.57 bits per heavy atom. The number of halogens is 3. The van der Waals surface area contributed by atoms with Crippen molar-refractivity contribution in [2.24, 2.45) is 0 Å². The number of phenolic OH excluding ortho intramolecular Hbond substituents is 1. The summed E-state index contributed by atoms with van der Waals surface area (Å²) in [6.07, 6.45) is 0. The van der Waals surface area contributed by atoms with Crippen LogP contribution in [0.25, 0.3) is 11.0 Å². The number of nitrogens with zero attached hydrogens (tertiary/aromatic N) is 1. The zero-order chi connectivity index (χ0) is 15.1. The third kappa shape index (κ3) is 2.03. The Bertz CT molecular complexity index is 841. The lowest BCUT2D eigenvalue weighted by atomic mass is 10.1. The normalized spacial score (nSPS) is 11.0. The summed E-state index contributed by atoms with van der Waals surface area (Å²) in [4.78, 5) is 18.8. The van der Waals surface area contributed by atoms with Gasteiger partial charge in [0, 0.05) is 0 Å². The lowest BCUT2D eigenvalue weighted by Gasteiger charge is -2.04. The summed E-state index contributed by atoms with van der Waals surface area (Å²) in [6, 6.07) is 7.14. The number of rotatable bonds is 2. The first kappa shape index (κ1) is 13.2. The third-order valence-electron chi connectivity index (χ3n) is 2.99. The Balaban J connectivity index is 2.14. The second kappa shape index (κ2) is 4.62. The quantitative estimate of drug-likeness (QED) is 0.564. The van der Waals surface area contributed by atoms with Crippen LogP contribution in [0.2, 0.25) is 0 Å². The number of benzene rings is 2. The van der Waals surface area contributed by atoms with Crippen molar-refractivity contribution in [3.63, 3.8) is 0 Å². The number of aromatic amines is 1. The lowest BCUT2D eigenvalue weighted by Crippen LogP contribution is -2.07. The summed E-state index contributed by atoms with van der Waals surface area (Å²) in [5.74, 6) is -7.62. The predicted octanol–water partition coefficient (Wildman–Crippen LogP) is 2.92. The van der Waals surface area contributed by atoms with E-state index in [2.05, 4.69) is 9.97 Å². The van der Waals surface area contributed by atoms with E-state index in [1.165, 1.54) is 0 Å². The van der Waals surface area contributed by atoms with Crippen LogP contribution in [-0.2, 0) is 0 Å². The molecule has 0 aliphatic rings. The molecule has 2 aromatic carbocycles. The molecule has 3 aromatic rings. The molecular weight excluding hydrogens is 285 g/mol. The zero-order valence-electron chi connectivity index (χ0n) is 10.3. The molecule has 0 unspecified atom stereocenters. The summed E-state index contributed by atoms with van der Waals surface area (Å²) in [5, 5.41) is 9.47. The number of hydrogen-bond donors (Lipinski definition) is 2. The zero-order valence-corrected chi connectivity index (χ0v) is 10.3. The fraction of sp³-hybridized carbons (Fsp3) is 0. The molecule has 0 amide bonds. The molecule has 1 aromatic heterocycles. The molecular formula is C14H7F3N2O2. The first-order chi connectivity index (χ1) is 9.99. The van der Waals surface area contributed by atoms with E-state index < -0.39 is 34.5 Å². The van der Waals surface area contributed by atoms with Gasteiger partial charge in [-0.15, -0.1) is 0 Å². The van der Waals surface area contributed by atoms with Crippen LogP contribution in [0.1, 0.15) is 16.2 Å². The number of H-pyrrole nitrogens is 1. The van der Waals surface area contributed by atoms with Gasteiger partial charge in [0.1, 0.15) is 0 Å². The van der Waals surface area contributed by atoms with Crippen LogP contribution in [0.5, 0.6) is 5.75 Å². The van der Waals surface area contributed by atoms with Crippen molar-refractivity contribution < 1.29 is 23.1 Å². The number of imidazole rings is 1. The molecule has 0 saturated heterocycles. The highest BCUT2D eigenvalue weighted by Gasteiger charge is 2.24. The van der Waals surface area contributed by atoms with E-state index in [4.69, 9.17) is 0 Å². The van der Waals surface area contributed by atoms with E-state index in [-0.39, 0.29) is 5.82 Å². The number of carbonyl (C=O) groups is 1. The van der Waals surface area contributed by atoms with Crippen molar-refractivity contribution in [2.75, 3.05) is 0 Å². The largest absolute Gasteiger partial charge is 0.504 e. The fourth-order valence-corrected chi connectivity index (χ4v) is 1.95. The summed E-state index contributed by atoms with van der Waals surface area (Å²) >= 11 is 0. The van der Waals surface area contributed by atoms with E-state index in [9.17, 15) is 23.1 Å². The van der Waals surface area contributed by atoms with Crippen LogP contribution in [0.4, 0.5) is 13.2 Å². The number of hydrogen-bond acceptors (Lipinski definition) is 3. The molecule has 1 heterocycles. The number of aromatic nitrogens is 2. The average molecular weight is 292 g/mol. The molecule has 0 aliphatic heterocycles. The molecule has 0 spiro atoms. The Morgan fingerprint density at radius 2 is 1.86 bits per heavy atom. The number of para-hydroxylation sites is 2. The van der Waals surface area contributed by atoms with Crippen LogP contribution >= 0.6 is 0 Å². The van der Waals surface area contributed by atoms with Crippen LogP contribution in [0, 0.1) is 17.5 Å². The van der Waals surface area contributed by atoms with Gasteiger partial charge >= 0.3 is 0 Å². The molecule has 106 valence electrons. The van der Waals surface area contributed by atoms with E-state index >= 15 is 0 Å². The molecule has 0 bridgehead atoms. The monoisotopic (exact) mass is 292 g/mol. The minimum Gasteiger partial charge on any atom is -0.504 e. The lowest BCUT2D eigenvalue weighted by molar-refractivity contribution is 0.102. The van der Waals surface area contributed by atoms with Crippen molar-refractivity contribution in [1.82, 2.24) is 9.97 Å². The van der Waals surface area contributed by atoms with Gasteiger partial charge in [-0.2, -0.15) is 4.39 Å². The summed E-state index contributed by atoms with van der Waals surface area (Å²) in [7, 11) is 0. The smallest absolute Gasteiger partial charge is 0.232 e. The molecule has 2 N–H and O–H groups in total. The molecule has 3 rings (SSSR count). The van der Waals surface area contributed by atoms with Crippen LogP contribution in [0.3, 0.4) is 0 Å². The Kier molecular flexibility index (Phi) is 2.90. The van der Waals surface area contributed by atoms with Crippen molar-refractivity contribution in [1.29, 1.82) is 0 Å². The molecule has 0 fully saturated rings. The van der Waals surface area contributed by atoms with Gasteiger partial charge in [-0.05, 0) is 18.2 Å². The molecule has 4 nitrogen and oxygen atoms in total. The highest BCUT2D eigenvalue weighted by Crippen LogP contribution is 2.27. The molecule has 21 heavy (non-hydrogen) atoms. The van der Waals surface area contributed by atoms with E-state index in [0.717, 1.165) is 0 Å². The second-order valence-electron chi connectivity index (χ2n) is 4.31. The molecule has 7 heteroatoms. The number of nitrogens with one attached hydrogen (secondary N) is 1. The molecule has 0 aliphatic carbocycles. The highest BCUT2D eigenvalue weighted by molar-refractivity contribution is 6.09. The Labute approximate surface area is 115 Å². The minimum absolute atomic E-state index is 0.211. The van der Waals surface area contributed by atoms with Crippen molar-refractivity contribution >= 4 is 16.8 Å². The first-order valence-corrected chi connectivity index (χ1v) is 5.85. The van der Waals surface area contributed by atoms with Gasteiger partial charge in [0.05, 0.1) is 16.6 Å². The van der Waals surface area contributed by atoms with Crippen molar-refractivity contribution in [3.8, 4) is 5.75 Å². The average Bonchev–Trinajstić information content (AvgIpc) is 2.92. The molecule has 0 radical (unpaired) electrons. The SMILES string of the molecule is O=C(c1nc2ccccc2[nH]1)c1cc(F)c(F)c(F)c1O. The van der Waals surface area contributed by atoms with Gasteiger partial charge in [0.15, 0.2) is 23.2 Å². The first-order valence-electron chi connectivity index (χ1n) is 5.85. The van der Waals surface area contributed by atoms with Gasteiger partial charge in [-0.3, -0.25) is 4.79 Å². The van der Waals surface area contributed by atoms with E-state index in [1.54, 1.807) is 24.3 Å². The number of aromatic hydroxyl groups is 1. The number of ketones is 1. The Morgan fingerprint density at radius 1 is 1.14 bits per heavy atom. The third-order valence-corrected chi connectivity index (χ3v) is 2.99. The van der Waals surface area contributed by atoms with Gasteiger partial charge in [0.2, 0.25) is 11.6 Å². The Hall–Kier alpha value is -2.83.